The standard InChI is InChI=1S/C10H11F3N2O3S/c11-10(12,13)6-1-3-7(4-2-6)19(17,18)5-8(14)9(15)16/h1-4,8H,5,14H2,(H2,15,16). The highest BCUT2D eigenvalue weighted by Gasteiger charge is 2.31. The van der Waals surface area contributed by atoms with Crippen LogP contribution >= 0.6 is 0 Å². The summed E-state index contributed by atoms with van der Waals surface area (Å²) < 4.78 is 60.4. The van der Waals surface area contributed by atoms with Crippen LogP contribution in [0.4, 0.5) is 13.2 Å². The molecule has 0 aromatic heterocycles. The summed E-state index contributed by atoms with van der Waals surface area (Å²) in [6, 6.07) is 1.50. The molecule has 1 amide bonds. The first kappa shape index (κ1) is 15.4. The Labute approximate surface area is 107 Å². The smallest absolute Gasteiger partial charge is 0.368 e. The SMILES string of the molecule is NC(=O)C(N)CS(=O)(=O)c1ccc(C(F)(F)F)cc1. The van der Waals surface area contributed by atoms with Crippen molar-refractivity contribution in [3.8, 4) is 0 Å². The van der Waals surface area contributed by atoms with E-state index in [-0.39, 0.29) is 4.90 Å². The van der Waals surface area contributed by atoms with Crippen LogP contribution in [0, 0.1) is 0 Å². The fraction of sp³-hybridized carbons (Fsp3) is 0.300. The van der Waals surface area contributed by atoms with E-state index in [0.29, 0.717) is 12.1 Å². The molecule has 0 aliphatic heterocycles. The van der Waals surface area contributed by atoms with Crippen molar-refractivity contribution in [2.75, 3.05) is 5.75 Å². The summed E-state index contributed by atoms with van der Waals surface area (Å²) >= 11 is 0. The van der Waals surface area contributed by atoms with Crippen LogP contribution in [0.5, 0.6) is 0 Å². The predicted molar refractivity (Wildman–Crippen MR) is 60.7 cm³/mol. The molecule has 0 aliphatic rings. The highest BCUT2D eigenvalue weighted by Crippen LogP contribution is 2.29. The van der Waals surface area contributed by atoms with E-state index in [1.165, 1.54) is 0 Å². The summed E-state index contributed by atoms with van der Waals surface area (Å²) in [7, 11) is -3.96. The molecular weight excluding hydrogens is 285 g/mol. The van der Waals surface area contributed by atoms with E-state index in [4.69, 9.17) is 11.5 Å². The molecule has 0 saturated carbocycles. The third-order valence-electron chi connectivity index (χ3n) is 2.31. The molecule has 19 heavy (non-hydrogen) atoms. The maximum absolute atomic E-state index is 12.3. The Morgan fingerprint density at radius 3 is 2.05 bits per heavy atom. The van der Waals surface area contributed by atoms with Crippen molar-refractivity contribution in [1.29, 1.82) is 0 Å². The minimum atomic E-state index is -4.55. The average molecular weight is 296 g/mol. The Kier molecular flexibility index (Phi) is 4.21. The van der Waals surface area contributed by atoms with E-state index >= 15 is 0 Å². The summed E-state index contributed by atoms with van der Waals surface area (Å²) in [5.74, 6) is -1.76. The molecule has 1 atom stereocenters. The number of halogens is 3. The predicted octanol–water partition coefficient (Wildman–Crippen LogP) is 0.292. The molecule has 0 radical (unpaired) electrons. The summed E-state index contributed by atoms with van der Waals surface area (Å²) in [6.07, 6.45) is -4.55. The van der Waals surface area contributed by atoms with Gasteiger partial charge in [0.2, 0.25) is 5.91 Å². The number of sulfone groups is 1. The van der Waals surface area contributed by atoms with Crippen molar-refractivity contribution in [3.05, 3.63) is 29.8 Å². The van der Waals surface area contributed by atoms with Crippen LogP contribution in [-0.2, 0) is 20.8 Å². The second kappa shape index (κ2) is 5.17. The van der Waals surface area contributed by atoms with Gasteiger partial charge in [-0.05, 0) is 24.3 Å². The lowest BCUT2D eigenvalue weighted by molar-refractivity contribution is -0.137. The summed E-state index contributed by atoms with van der Waals surface area (Å²) in [5.41, 5.74) is 9.06. The van der Waals surface area contributed by atoms with E-state index in [9.17, 15) is 26.4 Å². The number of nitrogens with two attached hydrogens (primary N) is 2. The van der Waals surface area contributed by atoms with Gasteiger partial charge in [-0.25, -0.2) is 8.42 Å². The first-order chi connectivity index (χ1) is 8.54. The molecular formula is C10H11F3N2O3S. The minimum Gasteiger partial charge on any atom is -0.368 e. The number of alkyl halides is 3. The van der Waals surface area contributed by atoms with Crippen LogP contribution in [0.3, 0.4) is 0 Å². The highest BCUT2D eigenvalue weighted by molar-refractivity contribution is 7.91. The monoisotopic (exact) mass is 296 g/mol. The average Bonchev–Trinajstić information content (AvgIpc) is 2.27. The van der Waals surface area contributed by atoms with Crippen LogP contribution in [0.2, 0.25) is 0 Å². The number of carbonyl (C=O) groups excluding carboxylic acids is 1. The van der Waals surface area contributed by atoms with Crippen LogP contribution < -0.4 is 11.5 Å². The van der Waals surface area contributed by atoms with E-state index < -0.39 is 39.3 Å². The largest absolute Gasteiger partial charge is 0.416 e. The van der Waals surface area contributed by atoms with E-state index in [0.717, 1.165) is 12.1 Å². The number of rotatable bonds is 4. The van der Waals surface area contributed by atoms with Gasteiger partial charge in [0.05, 0.1) is 22.3 Å². The molecule has 1 rings (SSSR count). The van der Waals surface area contributed by atoms with Gasteiger partial charge in [-0.15, -0.1) is 0 Å². The van der Waals surface area contributed by atoms with Gasteiger partial charge in [-0.3, -0.25) is 4.79 Å². The molecule has 1 aromatic carbocycles. The third kappa shape index (κ3) is 3.93. The zero-order valence-corrected chi connectivity index (χ0v) is 10.3. The maximum Gasteiger partial charge on any atom is 0.416 e. The number of amides is 1. The number of primary amides is 1. The molecule has 0 spiro atoms. The number of carbonyl (C=O) groups is 1. The summed E-state index contributed by atoms with van der Waals surface area (Å²) in [5, 5.41) is 0. The van der Waals surface area contributed by atoms with Crippen LogP contribution in [0.15, 0.2) is 29.2 Å². The Morgan fingerprint density at radius 2 is 1.68 bits per heavy atom. The number of hydrogen-bond acceptors (Lipinski definition) is 4. The maximum atomic E-state index is 12.3. The lowest BCUT2D eigenvalue weighted by Gasteiger charge is -2.10. The van der Waals surface area contributed by atoms with E-state index in [2.05, 4.69) is 0 Å². The first-order valence-corrected chi connectivity index (χ1v) is 6.64. The van der Waals surface area contributed by atoms with Gasteiger partial charge >= 0.3 is 6.18 Å². The van der Waals surface area contributed by atoms with Gasteiger partial charge in [0.1, 0.15) is 0 Å². The zero-order valence-electron chi connectivity index (χ0n) is 9.52. The molecule has 0 bridgehead atoms. The Hall–Kier alpha value is -1.61. The quantitative estimate of drug-likeness (QED) is 0.833. The van der Waals surface area contributed by atoms with Gasteiger partial charge in [0.15, 0.2) is 9.84 Å². The summed E-state index contributed by atoms with van der Waals surface area (Å²) in [4.78, 5) is 10.3. The van der Waals surface area contributed by atoms with Gasteiger partial charge < -0.3 is 11.5 Å². The van der Waals surface area contributed by atoms with Crippen LogP contribution in [0.1, 0.15) is 5.56 Å². The van der Waals surface area contributed by atoms with Crippen LogP contribution in [0.25, 0.3) is 0 Å². The second-order valence-electron chi connectivity index (χ2n) is 3.81. The molecule has 0 heterocycles. The van der Waals surface area contributed by atoms with Crippen molar-refractivity contribution in [1.82, 2.24) is 0 Å². The molecule has 1 aromatic rings. The molecule has 5 nitrogen and oxygen atoms in total. The lowest BCUT2D eigenvalue weighted by atomic mass is 10.2. The first-order valence-electron chi connectivity index (χ1n) is 4.99. The van der Waals surface area contributed by atoms with E-state index in [1.807, 2.05) is 0 Å². The minimum absolute atomic E-state index is 0.350. The Bertz CT molecular complexity index is 567. The van der Waals surface area contributed by atoms with Crippen molar-refractivity contribution < 1.29 is 26.4 Å². The lowest BCUT2D eigenvalue weighted by Crippen LogP contribution is -2.41. The highest BCUT2D eigenvalue weighted by atomic mass is 32.2. The van der Waals surface area contributed by atoms with Crippen molar-refractivity contribution in [2.45, 2.75) is 17.1 Å². The third-order valence-corrected chi connectivity index (χ3v) is 4.09. The molecule has 9 heteroatoms. The number of hydrogen-bond donors (Lipinski definition) is 2. The fourth-order valence-corrected chi connectivity index (χ4v) is 2.65. The molecule has 0 fully saturated rings. The van der Waals surface area contributed by atoms with E-state index in [1.54, 1.807) is 0 Å². The Morgan fingerprint density at radius 1 is 1.21 bits per heavy atom. The normalized spacial score (nSPS) is 14.1. The molecule has 106 valence electrons. The molecule has 4 N–H and O–H groups in total. The topological polar surface area (TPSA) is 103 Å². The molecule has 0 aliphatic carbocycles. The van der Waals surface area contributed by atoms with Crippen molar-refractivity contribution >= 4 is 15.7 Å². The van der Waals surface area contributed by atoms with Gasteiger partial charge in [-0.1, -0.05) is 0 Å². The van der Waals surface area contributed by atoms with Crippen molar-refractivity contribution in [3.63, 3.8) is 0 Å². The Balaban J connectivity index is 3.01. The molecule has 0 saturated heterocycles. The van der Waals surface area contributed by atoms with Crippen LogP contribution in [-0.4, -0.2) is 26.1 Å². The van der Waals surface area contributed by atoms with Crippen molar-refractivity contribution in [2.24, 2.45) is 11.5 Å². The summed E-state index contributed by atoms with van der Waals surface area (Å²) in [6.45, 7) is 0. The van der Waals surface area contributed by atoms with Gasteiger partial charge in [-0.2, -0.15) is 13.2 Å². The zero-order chi connectivity index (χ0) is 14.8. The fourth-order valence-electron chi connectivity index (χ4n) is 1.27. The van der Waals surface area contributed by atoms with Gasteiger partial charge in [0.25, 0.3) is 0 Å². The van der Waals surface area contributed by atoms with Gasteiger partial charge in [0, 0.05) is 0 Å². The number of benzene rings is 1. The molecule has 1 unspecified atom stereocenters. The second-order valence-corrected chi connectivity index (χ2v) is 5.85.